The van der Waals surface area contributed by atoms with Gasteiger partial charge in [-0.1, -0.05) is 24.3 Å². The number of Topliss-reactive ketones (excluding diaryl/α,β-unsaturated/α-hetero) is 1. The molecule has 1 N–H and O–H groups in total. The van der Waals surface area contributed by atoms with Gasteiger partial charge >= 0.3 is 5.97 Å². The fraction of sp³-hybridized carbons (Fsp3) is 0.333. The summed E-state index contributed by atoms with van der Waals surface area (Å²) in [6, 6.07) is 7.13. The molecule has 1 aromatic rings. The molecule has 4 heteroatoms. The van der Waals surface area contributed by atoms with Crippen LogP contribution in [-0.2, 0) is 22.4 Å². The average Bonchev–Trinajstić information content (AvgIpc) is 2.20. The smallest absolute Gasteiger partial charge is 0.307 e. The average molecular weight is 241 g/mol. The third-order valence-electron chi connectivity index (χ3n) is 2.30. The summed E-state index contributed by atoms with van der Waals surface area (Å²) in [5.41, 5.74) is 1.53. The van der Waals surface area contributed by atoms with Crippen molar-refractivity contribution >= 4 is 23.4 Å². The molecule has 0 amide bonds. The molecule has 0 spiro atoms. The number of benzene rings is 1. The topological polar surface area (TPSA) is 54.4 Å². The number of carbonyl (C=O) groups excluding carboxylic acids is 1. The molecule has 0 aliphatic heterocycles. The molecule has 86 valence electrons. The highest BCUT2D eigenvalue weighted by atomic mass is 35.5. The Kier molecular flexibility index (Phi) is 4.50. The molecule has 3 nitrogen and oxygen atoms in total. The minimum atomic E-state index is -0.888. The van der Waals surface area contributed by atoms with Crippen molar-refractivity contribution in [3.05, 3.63) is 35.4 Å². The molecule has 1 atom stereocenters. The maximum Gasteiger partial charge on any atom is 0.307 e. The van der Waals surface area contributed by atoms with Crippen molar-refractivity contribution in [3.8, 4) is 0 Å². The number of alkyl halides is 1. The Morgan fingerprint density at radius 1 is 1.31 bits per heavy atom. The van der Waals surface area contributed by atoms with Gasteiger partial charge in [0, 0.05) is 0 Å². The van der Waals surface area contributed by atoms with Gasteiger partial charge in [-0.3, -0.25) is 9.59 Å². The summed E-state index contributed by atoms with van der Waals surface area (Å²) >= 11 is 5.86. The van der Waals surface area contributed by atoms with E-state index < -0.39 is 11.3 Å². The number of ketones is 1. The number of hydrogen-bond acceptors (Lipinski definition) is 2. The lowest BCUT2D eigenvalue weighted by atomic mass is 9.99. The van der Waals surface area contributed by atoms with E-state index in [0.29, 0.717) is 12.0 Å². The van der Waals surface area contributed by atoms with Gasteiger partial charge in [0.25, 0.3) is 0 Å². The molecule has 16 heavy (non-hydrogen) atoms. The summed E-state index contributed by atoms with van der Waals surface area (Å²) in [5.74, 6) is -0.992. The lowest BCUT2D eigenvalue weighted by Crippen LogP contribution is -2.15. The van der Waals surface area contributed by atoms with Gasteiger partial charge in [-0.2, -0.15) is 0 Å². The fourth-order valence-electron chi connectivity index (χ4n) is 1.43. The Balaban J connectivity index is 2.86. The van der Waals surface area contributed by atoms with E-state index in [2.05, 4.69) is 0 Å². The molecule has 0 saturated heterocycles. The van der Waals surface area contributed by atoms with Crippen LogP contribution in [0.3, 0.4) is 0 Å². The maximum absolute atomic E-state index is 11.0. The second-order valence-corrected chi connectivity index (χ2v) is 4.15. The second kappa shape index (κ2) is 5.66. The minimum absolute atomic E-state index is 0.0440. The van der Waals surface area contributed by atoms with Crippen LogP contribution in [0.5, 0.6) is 0 Å². The quantitative estimate of drug-likeness (QED) is 0.802. The molecule has 1 aromatic carbocycles. The van der Waals surface area contributed by atoms with E-state index in [1.54, 1.807) is 18.2 Å². The van der Waals surface area contributed by atoms with Gasteiger partial charge in [0.2, 0.25) is 0 Å². The first-order valence-corrected chi connectivity index (χ1v) is 5.37. The molecule has 1 rings (SSSR count). The van der Waals surface area contributed by atoms with E-state index in [4.69, 9.17) is 16.7 Å². The number of carbonyl (C=O) groups is 2. The van der Waals surface area contributed by atoms with Gasteiger partial charge in [0.15, 0.2) is 0 Å². The van der Waals surface area contributed by atoms with Crippen molar-refractivity contribution in [3.63, 3.8) is 0 Å². The Morgan fingerprint density at radius 2 is 1.88 bits per heavy atom. The van der Waals surface area contributed by atoms with Crippen molar-refractivity contribution in [2.75, 3.05) is 0 Å². The van der Waals surface area contributed by atoms with Crippen LogP contribution in [0.15, 0.2) is 24.3 Å². The lowest BCUT2D eigenvalue weighted by Gasteiger charge is -2.09. The number of aliphatic carboxylic acids is 1. The zero-order valence-electron chi connectivity index (χ0n) is 8.94. The van der Waals surface area contributed by atoms with Gasteiger partial charge in [-0.25, -0.2) is 0 Å². The monoisotopic (exact) mass is 240 g/mol. The highest BCUT2D eigenvalue weighted by Gasteiger charge is 2.14. The summed E-state index contributed by atoms with van der Waals surface area (Å²) in [5, 5.41) is 8.15. The van der Waals surface area contributed by atoms with Crippen LogP contribution < -0.4 is 0 Å². The van der Waals surface area contributed by atoms with Gasteiger partial charge in [-0.15, -0.1) is 11.6 Å². The van der Waals surface area contributed by atoms with Crippen molar-refractivity contribution in [2.45, 2.75) is 25.1 Å². The van der Waals surface area contributed by atoms with Crippen molar-refractivity contribution in [2.24, 2.45) is 0 Å². The summed E-state index contributed by atoms with van der Waals surface area (Å²) in [7, 11) is 0. The predicted octanol–water partition coefficient (Wildman–Crippen LogP) is 2.05. The fourth-order valence-corrected chi connectivity index (χ4v) is 1.60. The summed E-state index contributed by atoms with van der Waals surface area (Å²) in [6.45, 7) is 1.43. The van der Waals surface area contributed by atoms with Gasteiger partial charge in [-0.05, 0) is 24.5 Å². The molecule has 0 radical (unpaired) electrons. The molecular formula is C12H13ClO3. The van der Waals surface area contributed by atoms with E-state index >= 15 is 0 Å². The number of halogens is 1. The molecule has 0 aliphatic carbocycles. The van der Waals surface area contributed by atoms with Crippen LogP contribution in [0.4, 0.5) is 0 Å². The Labute approximate surface area is 99.0 Å². The van der Waals surface area contributed by atoms with E-state index in [1.807, 2.05) is 6.07 Å². The lowest BCUT2D eigenvalue weighted by molar-refractivity contribution is -0.136. The van der Waals surface area contributed by atoms with Gasteiger partial charge in [0.1, 0.15) is 5.78 Å². The Morgan fingerprint density at radius 3 is 2.38 bits per heavy atom. The molecule has 0 saturated carbocycles. The van der Waals surface area contributed by atoms with Crippen LogP contribution in [0.1, 0.15) is 18.1 Å². The molecule has 0 heterocycles. The van der Waals surface area contributed by atoms with E-state index in [0.717, 1.165) is 5.56 Å². The molecule has 0 aliphatic rings. The highest BCUT2D eigenvalue weighted by Crippen LogP contribution is 2.15. The molecule has 1 unspecified atom stereocenters. The standard InChI is InChI=1S/C12H13ClO3/c1-8(14)11(13)6-9-4-2-3-5-10(9)7-12(15)16/h2-5,11H,6-7H2,1H3,(H,15,16). The second-order valence-electron chi connectivity index (χ2n) is 3.62. The summed E-state index contributed by atoms with van der Waals surface area (Å²) in [4.78, 5) is 21.7. The van der Waals surface area contributed by atoms with Crippen LogP contribution >= 0.6 is 11.6 Å². The van der Waals surface area contributed by atoms with Crippen molar-refractivity contribution in [1.82, 2.24) is 0 Å². The van der Waals surface area contributed by atoms with Crippen LogP contribution in [0.25, 0.3) is 0 Å². The predicted molar refractivity (Wildman–Crippen MR) is 61.8 cm³/mol. The van der Waals surface area contributed by atoms with Crippen LogP contribution in [0, 0.1) is 0 Å². The van der Waals surface area contributed by atoms with Crippen LogP contribution in [-0.4, -0.2) is 22.2 Å². The summed E-state index contributed by atoms with van der Waals surface area (Å²) < 4.78 is 0. The SMILES string of the molecule is CC(=O)C(Cl)Cc1ccccc1CC(=O)O. The normalized spacial score (nSPS) is 12.1. The van der Waals surface area contributed by atoms with Crippen molar-refractivity contribution < 1.29 is 14.7 Å². The maximum atomic E-state index is 11.0. The number of hydrogen-bond donors (Lipinski definition) is 1. The third-order valence-corrected chi connectivity index (χ3v) is 2.76. The number of rotatable bonds is 5. The first kappa shape index (κ1) is 12.7. The van der Waals surface area contributed by atoms with Crippen molar-refractivity contribution in [1.29, 1.82) is 0 Å². The van der Waals surface area contributed by atoms with E-state index in [1.165, 1.54) is 6.92 Å². The minimum Gasteiger partial charge on any atom is -0.481 e. The molecule has 0 fully saturated rings. The molecule has 0 aromatic heterocycles. The number of carboxylic acids is 1. The first-order chi connectivity index (χ1) is 7.50. The van der Waals surface area contributed by atoms with E-state index in [9.17, 15) is 9.59 Å². The summed E-state index contributed by atoms with van der Waals surface area (Å²) in [6.07, 6.45) is 0.331. The Bertz CT molecular complexity index is 401. The Hall–Kier alpha value is -1.35. The zero-order chi connectivity index (χ0) is 12.1. The van der Waals surface area contributed by atoms with E-state index in [-0.39, 0.29) is 12.2 Å². The molecular weight excluding hydrogens is 228 g/mol. The third kappa shape index (κ3) is 3.66. The first-order valence-electron chi connectivity index (χ1n) is 4.94. The van der Waals surface area contributed by atoms with Gasteiger partial charge in [0.05, 0.1) is 11.8 Å². The number of carboxylic acid groups (broad SMARTS) is 1. The zero-order valence-corrected chi connectivity index (χ0v) is 9.70. The highest BCUT2D eigenvalue weighted by molar-refractivity contribution is 6.30. The van der Waals surface area contributed by atoms with Gasteiger partial charge < -0.3 is 5.11 Å². The largest absolute Gasteiger partial charge is 0.481 e. The van der Waals surface area contributed by atoms with Crippen LogP contribution in [0.2, 0.25) is 0 Å². The molecule has 0 bridgehead atoms.